The lowest BCUT2D eigenvalue weighted by Gasteiger charge is -2.09. The Hall–Kier alpha value is -1.13. The second kappa shape index (κ2) is 4.39. The zero-order chi connectivity index (χ0) is 11.7. The lowest BCUT2D eigenvalue weighted by Crippen LogP contribution is -2.04. The number of hydrogen-bond donors (Lipinski definition) is 0. The lowest BCUT2D eigenvalue weighted by atomic mass is 10.3. The highest BCUT2D eigenvalue weighted by Gasteiger charge is 2.18. The van der Waals surface area contributed by atoms with Crippen LogP contribution in [0, 0.1) is 6.07 Å². The molecule has 16 heavy (non-hydrogen) atoms. The molecule has 2 nitrogen and oxygen atoms in total. The van der Waals surface area contributed by atoms with E-state index in [0.717, 1.165) is 10.9 Å². The van der Waals surface area contributed by atoms with Crippen LogP contribution in [0.25, 0.3) is 5.69 Å². The Morgan fingerprint density at radius 3 is 2.44 bits per heavy atom. The quantitative estimate of drug-likeness (QED) is 0.802. The molecular weight excluding hydrogens is 257 g/mol. The summed E-state index contributed by atoms with van der Waals surface area (Å²) in [5.74, 6) is 0. The average Bonchev–Trinajstić information content (AvgIpc) is 2.66. The highest BCUT2D eigenvalue weighted by Crippen LogP contribution is 2.30. The van der Waals surface area contributed by atoms with Crippen molar-refractivity contribution in [2.75, 3.05) is 0 Å². The summed E-state index contributed by atoms with van der Waals surface area (Å²) in [5.41, 5.74) is -0.127. The molecule has 0 unspecified atom stereocenters. The van der Waals surface area contributed by atoms with Gasteiger partial charge in [0.25, 0.3) is 6.43 Å². The summed E-state index contributed by atoms with van der Waals surface area (Å²) in [6.45, 7) is 0. The van der Waals surface area contributed by atoms with Gasteiger partial charge in [-0.05, 0) is 12.1 Å². The normalized spacial score (nSPS) is 11.1. The largest absolute Gasteiger partial charge is 0.281 e. The van der Waals surface area contributed by atoms with Crippen molar-refractivity contribution >= 4 is 23.2 Å². The monoisotopic (exact) mass is 261 g/mol. The van der Waals surface area contributed by atoms with Gasteiger partial charge in [0.15, 0.2) is 0 Å². The third kappa shape index (κ3) is 1.90. The van der Waals surface area contributed by atoms with Crippen molar-refractivity contribution in [3.63, 3.8) is 0 Å². The van der Waals surface area contributed by atoms with Gasteiger partial charge in [0, 0.05) is 6.07 Å². The molecule has 0 spiro atoms. The van der Waals surface area contributed by atoms with Gasteiger partial charge < -0.3 is 0 Å². The van der Waals surface area contributed by atoms with Gasteiger partial charge in [0.05, 0.1) is 16.2 Å². The molecule has 0 fully saturated rings. The topological polar surface area (TPSA) is 17.8 Å². The van der Waals surface area contributed by atoms with Gasteiger partial charge in [-0.2, -0.15) is 5.10 Å². The lowest BCUT2D eigenvalue weighted by molar-refractivity contribution is 0.142. The number of benzene rings is 1. The third-order valence-electron chi connectivity index (χ3n) is 1.97. The minimum Gasteiger partial charge on any atom is -0.228 e. The summed E-state index contributed by atoms with van der Waals surface area (Å²) in [5, 5.41) is 4.25. The van der Waals surface area contributed by atoms with Crippen LogP contribution in [0.3, 0.4) is 0 Å². The molecule has 2 aromatic rings. The zero-order valence-electron chi connectivity index (χ0n) is 7.79. The molecule has 0 aliphatic carbocycles. The Balaban J connectivity index is 2.63. The minimum atomic E-state index is -2.69. The molecule has 2 rings (SSSR count). The van der Waals surface area contributed by atoms with Crippen LogP contribution in [-0.2, 0) is 0 Å². The first-order chi connectivity index (χ1) is 7.61. The summed E-state index contributed by atoms with van der Waals surface area (Å²) >= 11 is 11.8. The third-order valence-corrected chi connectivity index (χ3v) is 2.58. The van der Waals surface area contributed by atoms with E-state index in [0.29, 0.717) is 0 Å². The SMILES string of the molecule is FC(F)c1[c]cnn1-c1c(Cl)cccc1Cl. The minimum absolute atomic E-state index is 0.238. The Labute approximate surface area is 100 Å². The number of hydrogen-bond acceptors (Lipinski definition) is 1. The van der Waals surface area contributed by atoms with Crippen molar-refractivity contribution in [2.45, 2.75) is 6.43 Å². The molecular formula is C10H5Cl2F2N2. The second-order valence-corrected chi connectivity index (χ2v) is 3.77. The van der Waals surface area contributed by atoms with Crippen LogP contribution < -0.4 is 0 Å². The van der Waals surface area contributed by atoms with Crippen molar-refractivity contribution in [2.24, 2.45) is 0 Å². The fourth-order valence-corrected chi connectivity index (χ4v) is 1.86. The van der Waals surface area contributed by atoms with Crippen LogP contribution in [0.1, 0.15) is 12.1 Å². The molecule has 1 radical (unpaired) electrons. The van der Waals surface area contributed by atoms with E-state index < -0.39 is 6.43 Å². The van der Waals surface area contributed by atoms with Crippen molar-refractivity contribution in [3.05, 3.63) is 46.2 Å². The standard InChI is InChI=1S/C10H5Cl2F2N2/c11-6-2-1-3-7(12)9(6)16-8(10(13)14)4-5-15-16/h1-3,5,10H. The molecule has 0 aliphatic heterocycles. The second-order valence-electron chi connectivity index (χ2n) is 2.96. The summed E-state index contributed by atoms with van der Waals surface area (Å²) < 4.78 is 26.3. The van der Waals surface area contributed by atoms with E-state index in [9.17, 15) is 8.78 Å². The van der Waals surface area contributed by atoms with Crippen molar-refractivity contribution in [3.8, 4) is 5.69 Å². The van der Waals surface area contributed by atoms with E-state index in [1.165, 1.54) is 0 Å². The molecule has 0 aliphatic rings. The zero-order valence-corrected chi connectivity index (χ0v) is 9.30. The van der Waals surface area contributed by atoms with Gasteiger partial charge in [-0.25, -0.2) is 13.5 Å². The molecule has 1 heterocycles. The maximum Gasteiger partial charge on any atom is 0.281 e. The Kier molecular flexibility index (Phi) is 3.12. The summed E-state index contributed by atoms with van der Waals surface area (Å²) in [6.07, 6.45) is -1.53. The Morgan fingerprint density at radius 2 is 1.88 bits per heavy atom. The number of para-hydroxylation sites is 1. The first kappa shape index (κ1) is 11.4. The number of alkyl halides is 2. The molecule has 6 heteroatoms. The number of aromatic nitrogens is 2. The molecule has 0 atom stereocenters. The fraction of sp³-hybridized carbons (Fsp3) is 0.100. The Bertz CT molecular complexity index is 491. The van der Waals surface area contributed by atoms with E-state index in [2.05, 4.69) is 11.2 Å². The van der Waals surface area contributed by atoms with E-state index in [1.807, 2.05) is 0 Å². The molecule has 0 N–H and O–H groups in total. The van der Waals surface area contributed by atoms with Crippen molar-refractivity contribution in [1.29, 1.82) is 0 Å². The van der Waals surface area contributed by atoms with Crippen LogP contribution in [-0.4, -0.2) is 9.78 Å². The van der Waals surface area contributed by atoms with Crippen LogP contribution in [0.2, 0.25) is 10.0 Å². The average molecular weight is 262 g/mol. The molecule has 0 saturated carbocycles. The maximum atomic E-state index is 12.6. The summed E-state index contributed by atoms with van der Waals surface area (Å²) in [7, 11) is 0. The summed E-state index contributed by atoms with van der Waals surface area (Å²) in [4.78, 5) is 0. The number of nitrogens with zero attached hydrogens (tertiary/aromatic N) is 2. The first-order valence-corrected chi connectivity index (χ1v) is 5.05. The van der Waals surface area contributed by atoms with Gasteiger partial charge in [-0.15, -0.1) is 0 Å². The fourth-order valence-electron chi connectivity index (χ4n) is 1.30. The Morgan fingerprint density at radius 1 is 1.25 bits per heavy atom. The summed E-state index contributed by atoms with van der Waals surface area (Å²) in [6, 6.07) is 7.08. The van der Waals surface area contributed by atoms with E-state index in [4.69, 9.17) is 23.2 Å². The number of rotatable bonds is 2. The highest BCUT2D eigenvalue weighted by molar-refractivity contribution is 6.37. The predicted octanol–water partition coefficient (Wildman–Crippen LogP) is 3.92. The van der Waals surface area contributed by atoms with Gasteiger partial charge in [-0.1, -0.05) is 29.3 Å². The van der Waals surface area contributed by atoms with Crippen LogP contribution in [0.15, 0.2) is 24.4 Å². The van der Waals surface area contributed by atoms with Gasteiger partial charge >= 0.3 is 0 Å². The van der Waals surface area contributed by atoms with Crippen molar-refractivity contribution < 1.29 is 8.78 Å². The van der Waals surface area contributed by atoms with E-state index in [1.54, 1.807) is 18.2 Å². The first-order valence-electron chi connectivity index (χ1n) is 4.29. The molecule has 0 amide bonds. The van der Waals surface area contributed by atoms with Gasteiger partial charge in [0.1, 0.15) is 11.4 Å². The van der Waals surface area contributed by atoms with Gasteiger partial charge in [0.2, 0.25) is 0 Å². The number of halogens is 4. The van der Waals surface area contributed by atoms with Crippen LogP contribution in [0.5, 0.6) is 0 Å². The highest BCUT2D eigenvalue weighted by atomic mass is 35.5. The van der Waals surface area contributed by atoms with Gasteiger partial charge in [-0.3, -0.25) is 0 Å². The predicted molar refractivity (Wildman–Crippen MR) is 57.4 cm³/mol. The van der Waals surface area contributed by atoms with Crippen molar-refractivity contribution in [1.82, 2.24) is 9.78 Å². The maximum absolute atomic E-state index is 12.6. The smallest absolute Gasteiger partial charge is 0.228 e. The molecule has 83 valence electrons. The van der Waals surface area contributed by atoms with Crippen LogP contribution in [0.4, 0.5) is 8.78 Å². The van der Waals surface area contributed by atoms with E-state index in [-0.39, 0.29) is 21.4 Å². The molecule has 1 aromatic carbocycles. The molecule has 0 bridgehead atoms. The van der Waals surface area contributed by atoms with Crippen LogP contribution >= 0.6 is 23.2 Å². The van der Waals surface area contributed by atoms with E-state index >= 15 is 0 Å². The molecule has 0 saturated heterocycles. The molecule has 1 aromatic heterocycles.